The number of pyridine rings is 2. The molecule has 1 fully saturated rings. The van der Waals surface area contributed by atoms with E-state index in [4.69, 9.17) is 5.73 Å². The second-order valence-electron chi connectivity index (χ2n) is 8.37. The number of nitrogens with two attached hydrogens (primary N) is 1. The maximum absolute atomic E-state index is 13.1. The molecule has 0 spiro atoms. The van der Waals surface area contributed by atoms with E-state index in [0.29, 0.717) is 39.6 Å². The molecule has 2 N–H and O–H groups in total. The number of fused-ring (bicyclic) bond motifs is 1. The summed E-state index contributed by atoms with van der Waals surface area (Å²) in [5.74, 6) is 6.43. The molecule has 4 rings (SSSR count). The first-order valence-electron chi connectivity index (χ1n) is 10.7. The number of carbonyl (C=O) groups is 1. The molecule has 1 aliphatic heterocycles. The Morgan fingerprint density at radius 1 is 1.16 bits per heavy atom. The molecule has 4 heterocycles. The molecule has 0 aromatic carbocycles. The van der Waals surface area contributed by atoms with Crippen LogP contribution in [-0.4, -0.2) is 68.9 Å². The van der Waals surface area contributed by atoms with Crippen LogP contribution >= 0.6 is 0 Å². The van der Waals surface area contributed by atoms with Gasteiger partial charge >= 0.3 is 0 Å². The van der Waals surface area contributed by atoms with Crippen molar-refractivity contribution >= 4 is 22.8 Å². The highest BCUT2D eigenvalue weighted by Gasteiger charge is 2.25. The molecule has 8 nitrogen and oxygen atoms in total. The fourth-order valence-corrected chi connectivity index (χ4v) is 3.84. The molecule has 0 aliphatic carbocycles. The van der Waals surface area contributed by atoms with Crippen molar-refractivity contribution in [3.8, 4) is 11.8 Å². The van der Waals surface area contributed by atoms with E-state index in [1.54, 1.807) is 24.7 Å². The summed E-state index contributed by atoms with van der Waals surface area (Å²) in [5.41, 5.74) is 10.7. The second-order valence-corrected chi connectivity index (χ2v) is 8.37. The number of aromatic nitrogens is 4. The van der Waals surface area contributed by atoms with Crippen LogP contribution in [0.5, 0.6) is 0 Å². The number of hydrogen-bond acceptors (Lipinski definition) is 7. The number of nitrogens with zero attached hydrogens (tertiary/aromatic N) is 6. The van der Waals surface area contributed by atoms with Gasteiger partial charge in [-0.2, -0.15) is 0 Å². The minimum absolute atomic E-state index is 0.0176. The summed E-state index contributed by atoms with van der Waals surface area (Å²) >= 11 is 0. The molecule has 32 heavy (non-hydrogen) atoms. The zero-order chi connectivity index (χ0) is 22.8. The number of amides is 1. The first-order chi connectivity index (χ1) is 15.3. The van der Waals surface area contributed by atoms with E-state index in [0.717, 1.165) is 37.3 Å². The summed E-state index contributed by atoms with van der Waals surface area (Å²) in [6.45, 7) is 5.28. The van der Waals surface area contributed by atoms with Gasteiger partial charge in [-0.3, -0.25) is 9.78 Å². The van der Waals surface area contributed by atoms with Gasteiger partial charge in [0.25, 0.3) is 5.91 Å². The molecule has 1 amide bonds. The van der Waals surface area contributed by atoms with Crippen molar-refractivity contribution in [1.29, 1.82) is 0 Å². The van der Waals surface area contributed by atoms with Crippen LogP contribution in [0.2, 0.25) is 0 Å². The maximum Gasteiger partial charge on any atom is 0.255 e. The summed E-state index contributed by atoms with van der Waals surface area (Å²) in [6, 6.07) is 2.15. The highest BCUT2D eigenvalue weighted by atomic mass is 16.2. The SMILES string of the molecule is Cc1nc2cnc(N)c(C#Cc3cncc(C(=O)N4CCC[C@@H](N(C)C)C4)c3)c2nc1C. The van der Waals surface area contributed by atoms with Crippen LogP contribution in [0.4, 0.5) is 5.82 Å². The van der Waals surface area contributed by atoms with Crippen molar-refractivity contribution in [3.05, 3.63) is 52.7 Å². The van der Waals surface area contributed by atoms with Crippen LogP contribution in [0.1, 0.15) is 45.7 Å². The van der Waals surface area contributed by atoms with Crippen molar-refractivity contribution in [2.24, 2.45) is 0 Å². The Labute approximate surface area is 187 Å². The molecule has 164 valence electrons. The van der Waals surface area contributed by atoms with E-state index in [-0.39, 0.29) is 5.91 Å². The van der Waals surface area contributed by atoms with Crippen LogP contribution < -0.4 is 5.73 Å². The van der Waals surface area contributed by atoms with Gasteiger partial charge in [-0.15, -0.1) is 0 Å². The lowest BCUT2D eigenvalue weighted by atomic mass is 10.0. The normalized spacial score (nSPS) is 16.2. The lowest BCUT2D eigenvalue weighted by Crippen LogP contribution is -2.47. The standard InChI is InChI=1S/C24H27N7O/c1-15-16(2)29-22-20(23(25)27-13-21(22)28-15)8-7-17-10-18(12-26-11-17)24(32)31-9-5-6-19(14-31)30(3)4/h10-13,19H,5-6,9,14H2,1-4H3,(H2,25,27)/t19-/m1/s1. The Balaban J connectivity index is 1.63. The molecular weight excluding hydrogens is 402 g/mol. The van der Waals surface area contributed by atoms with Crippen molar-refractivity contribution < 1.29 is 4.79 Å². The van der Waals surface area contributed by atoms with Gasteiger partial charge in [-0.25, -0.2) is 15.0 Å². The quantitative estimate of drug-likeness (QED) is 0.623. The molecule has 1 saturated heterocycles. The van der Waals surface area contributed by atoms with Gasteiger partial charge < -0.3 is 15.5 Å². The van der Waals surface area contributed by atoms with Gasteiger partial charge in [-0.05, 0) is 46.9 Å². The van der Waals surface area contributed by atoms with Crippen molar-refractivity contribution in [2.45, 2.75) is 32.7 Å². The molecule has 0 radical (unpaired) electrons. The number of hydrogen-bond donors (Lipinski definition) is 1. The molecular formula is C24H27N7O. The van der Waals surface area contributed by atoms with Crippen molar-refractivity contribution in [1.82, 2.24) is 29.7 Å². The predicted octanol–water partition coefficient (Wildman–Crippen LogP) is 2.18. The summed E-state index contributed by atoms with van der Waals surface area (Å²) in [5, 5.41) is 0. The molecule has 0 saturated carbocycles. The van der Waals surface area contributed by atoms with E-state index in [1.807, 2.05) is 18.7 Å². The number of rotatable bonds is 2. The lowest BCUT2D eigenvalue weighted by molar-refractivity contribution is 0.0634. The fourth-order valence-electron chi connectivity index (χ4n) is 3.84. The van der Waals surface area contributed by atoms with Gasteiger partial charge in [0, 0.05) is 37.1 Å². The zero-order valence-electron chi connectivity index (χ0n) is 18.9. The topological polar surface area (TPSA) is 101 Å². The molecule has 3 aromatic heterocycles. The summed E-state index contributed by atoms with van der Waals surface area (Å²) < 4.78 is 0. The van der Waals surface area contributed by atoms with E-state index < -0.39 is 0 Å². The number of aryl methyl sites for hydroxylation is 2. The van der Waals surface area contributed by atoms with Gasteiger partial charge in [0.05, 0.1) is 28.7 Å². The van der Waals surface area contributed by atoms with Gasteiger partial charge in [-0.1, -0.05) is 11.8 Å². The third kappa shape index (κ3) is 4.39. The molecule has 0 bridgehead atoms. The minimum Gasteiger partial charge on any atom is -0.383 e. The van der Waals surface area contributed by atoms with E-state index in [9.17, 15) is 4.79 Å². The van der Waals surface area contributed by atoms with Gasteiger partial charge in [0.15, 0.2) is 0 Å². The Kier molecular flexibility index (Phi) is 6.01. The fraction of sp³-hybridized carbons (Fsp3) is 0.375. The molecule has 8 heteroatoms. The number of anilines is 1. The number of carbonyl (C=O) groups excluding carboxylic acids is 1. The Morgan fingerprint density at radius 2 is 1.94 bits per heavy atom. The molecule has 3 aromatic rings. The van der Waals surface area contributed by atoms with Crippen LogP contribution in [0.3, 0.4) is 0 Å². The van der Waals surface area contributed by atoms with E-state index in [1.165, 1.54) is 0 Å². The van der Waals surface area contributed by atoms with E-state index >= 15 is 0 Å². The van der Waals surface area contributed by atoms with Gasteiger partial charge in [0.1, 0.15) is 16.9 Å². The van der Waals surface area contributed by atoms with Crippen molar-refractivity contribution in [3.63, 3.8) is 0 Å². The average Bonchev–Trinajstić information content (AvgIpc) is 2.79. The zero-order valence-corrected chi connectivity index (χ0v) is 18.9. The first kappa shape index (κ1) is 21.7. The predicted molar refractivity (Wildman–Crippen MR) is 124 cm³/mol. The number of likely N-dealkylation sites (N-methyl/N-ethyl adjacent to an activating group) is 1. The molecule has 1 atom stereocenters. The first-order valence-corrected chi connectivity index (χ1v) is 10.7. The largest absolute Gasteiger partial charge is 0.383 e. The van der Waals surface area contributed by atoms with E-state index in [2.05, 4.69) is 50.8 Å². The van der Waals surface area contributed by atoms with Crippen LogP contribution in [0.15, 0.2) is 24.7 Å². The Hall–Kier alpha value is -3.57. The Morgan fingerprint density at radius 3 is 2.72 bits per heavy atom. The minimum atomic E-state index is -0.0176. The lowest BCUT2D eigenvalue weighted by Gasteiger charge is -2.36. The smallest absolute Gasteiger partial charge is 0.255 e. The highest BCUT2D eigenvalue weighted by Crippen LogP contribution is 2.20. The monoisotopic (exact) mass is 429 g/mol. The number of nitrogen functional groups attached to an aromatic ring is 1. The Bertz CT molecular complexity index is 1240. The van der Waals surface area contributed by atoms with Crippen LogP contribution in [0, 0.1) is 25.7 Å². The third-order valence-electron chi connectivity index (χ3n) is 5.88. The number of piperidine rings is 1. The molecule has 1 aliphatic rings. The molecule has 0 unspecified atom stereocenters. The maximum atomic E-state index is 13.1. The number of likely N-dealkylation sites (tertiary alicyclic amines) is 1. The summed E-state index contributed by atoms with van der Waals surface area (Å²) in [6.07, 6.45) is 6.93. The highest BCUT2D eigenvalue weighted by molar-refractivity contribution is 5.94. The van der Waals surface area contributed by atoms with Crippen molar-refractivity contribution in [2.75, 3.05) is 32.9 Å². The van der Waals surface area contributed by atoms with Gasteiger partial charge in [0.2, 0.25) is 0 Å². The third-order valence-corrected chi connectivity index (χ3v) is 5.88. The summed E-state index contributed by atoms with van der Waals surface area (Å²) in [4.78, 5) is 34.7. The second kappa shape index (κ2) is 8.89. The van der Waals surface area contributed by atoms with Crippen LogP contribution in [0.25, 0.3) is 11.0 Å². The van der Waals surface area contributed by atoms with Crippen LogP contribution in [-0.2, 0) is 0 Å². The summed E-state index contributed by atoms with van der Waals surface area (Å²) in [7, 11) is 4.11. The average molecular weight is 430 g/mol.